The molecule has 0 unspecified atom stereocenters. The zero-order valence-corrected chi connectivity index (χ0v) is 13.5. The van der Waals surface area contributed by atoms with E-state index in [1.165, 1.54) is 11.8 Å². The summed E-state index contributed by atoms with van der Waals surface area (Å²) in [5.74, 6) is -0.122. The molecule has 0 atom stereocenters. The van der Waals surface area contributed by atoms with Crippen molar-refractivity contribution in [3.63, 3.8) is 0 Å². The number of amides is 1. The van der Waals surface area contributed by atoms with Crippen LogP contribution in [0, 0.1) is 6.92 Å². The van der Waals surface area contributed by atoms with Gasteiger partial charge in [-0.15, -0.1) is 0 Å². The highest BCUT2D eigenvalue weighted by atomic mass is 35.5. The zero-order chi connectivity index (χ0) is 14.8. The Hall–Kier alpha value is -1.56. The number of aryl methyl sites for hydroxylation is 1. The van der Waals surface area contributed by atoms with Crippen molar-refractivity contribution in [3.05, 3.63) is 56.1 Å². The van der Waals surface area contributed by atoms with Crippen LogP contribution in [-0.4, -0.2) is 11.1 Å². The van der Waals surface area contributed by atoms with E-state index in [0.29, 0.717) is 15.1 Å². The van der Waals surface area contributed by atoms with Crippen molar-refractivity contribution in [2.75, 3.05) is 0 Å². The first-order chi connectivity index (χ1) is 10.1. The van der Waals surface area contributed by atoms with Crippen molar-refractivity contribution in [3.8, 4) is 0 Å². The van der Waals surface area contributed by atoms with E-state index < -0.39 is 0 Å². The fourth-order valence-corrected chi connectivity index (χ4v) is 3.39. The highest BCUT2D eigenvalue weighted by molar-refractivity contribution is 8.18. The van der Waals surface area contributed by atoms with Gasteiger partial charge in [-0.2, -0.15) is 11.3 Å². The molecular formula is C15H11ClN2OS2. The predicted molar refractivity (Wildman–Crippen MR) is 91.3 cm³/mol. The van der Waals surface area contributed by atoms with Crippen LogP contribution in [0.5, 0.6) is 0 Å². The number of amidine groups is 1. The summed E-state index contributed by atoms with van der Waals surface area (Å²) in [7, 11) is 0. The van der Waals surface area contributed by atoms with Crippen LogP contribution >= 0.6 is 34.7 Å². The van der Waals surface area contributed by atoms with Crippen molar-refractivity contribution >= 4 is 57.5 Å². The average molecular weight is 335 g/mol. The molecule has 1 aliphatic heterocycles. The summed E-state index contributed by atoms with van der Waals surface area (Å²) in [6.07, 6.45) is 1.86. The molecule has 1 aromatic heterocycles. The molecule has 1 aliphatic rings. The molecule has 2 aromatic rings. The van der Waals surface area contributed by atoms with E-state index in [9.17, 15) is 4.79 Å². The molecule has 3 rings (SSSR count). The van der Waals surface area contributed by atoms with Crippen molar-refractivity contribution in [2.24, 2.45) is 4.99 Å². The van der Waals surface area contributed by atoms with E-state index in [4.69, 9.17) is 11.6 Å². The summed E-state index contributed by atoms with van der Waals surface area (Å²) >= 11 is 9.01. The minimum absolute atomic E-state index is 0.122. The lowest BCUT2D eigenvalue weighted by atomic mass is 10.2. The number of thioether (sulfide) groups is 1. The number of aliphatic imine (C=N–C) groups is 1. The van der Waals surface area contributed by atoms with Gasteiger partial charge in [-0.25, -0.2) is 4.99 Å². The topological polar surface area (TPSA) is 41.5 Å². The van der Waals surface area contributed by atoms with Gasteiger partial charge in [0.15, 0.2) is 5.17 Å². The standard InChI is InChI=1S/C15H11ClN2OS2/c1-9-2-3-11(7-12(9)16)17-15-18-14(19)13(21-15)6-10-4-5-20-8-10/h2-8H,1H3,(H,17,18,19). The smallest absolute Gasteiger partial charge is 0.264 e. The lowest BCUT2D eigenvalue weighted by Crippen LogP contribution is -2.19. The number of nitrogens with zero attached hydrogens (tertiary/aromatic N) is 1. The van der Waals surface area contributed by atoms with Gasteiger partial charge in [0.2, 0.25) is 0 Å². The van der Waals surface area contributed by atoms with Crippen LogP contribution in [0.2, 0.25) is 5.02 Å². The SMILES string of the molecule is Cc1ccc(N=C2NC(=O)C(=Cc3ccsc3)S2)cc1Cl. The van der Waals surface area contributed by atoms with Gasteiger partial charge in [-0.05, 0) is 64.8 Å². The number of nitrogens with one attached hydrogen (secondary N) is 1. The molecule has 0 spiro atoms. The second-order valence-corrected chi connectivity index (χ2v) is 6.69. The van der Waals surface area contributed by atoms with Crippen LogP contribution in [0.4, 0.5) is 5.69 Å². The number of hydrogen-bond donors (Lipinski definition) is 1. The molecular weight excluding hydrogens is 324 g/mol. The summed E-state index contributed by atoms with van der Waals surface area (Å²) < 4.78 is 0. The molecule has 21 heavy (non-hydrogen) atoms. The maximum absolute atomic E-state index is 11.9. The number of carbonyl (C=O) groups excluding carboxylic acids is 1. The Kier molecular flexibility index (Phi) is 4.14. The van der Waals surface area contributed by atoms with Crippen LogP contribution in [0.25, 0.3) is 6.08 Å². The molecule has 106 valence electrons. The molecule has 1 amide bonds. The number of thiophene rings is 1. The number of hydrogen-bond acceptors (Lipinski definition) is 4. The maximum atomic E-state index is 11.9. The van der Waals surface area contributed by atoms with Crippen LogP contribution in [0.3, 0.4) is 0 Å². The van der Waals surface area contributed by atoms with Crippen LogP contribution < -0.4 is 5.32 Å². The molecule has 1 aromatic carbocycles. The monoisotopic (exact) mass is 334 g/mol. The Morgan fingerprint density at radius 1 is 1.33 bits per heavy atom. The molecule has 1 fully saturated rings. The first kappa shape index (κ1) is 14.4. The van der Waals surface area contributed by atoms with Gasteiger partial charge in [0.1, 0.15) is 0 Å². The number of benzene rings is 1. The van der Waals surface area contributed by atoms with E-state index in [-0.39, 0.29) is 5.91 Å². The third-order valence-corrected chi connectivity index (χ3v) is 4.90. The minimum atomic E-state index is -0.122. The minimum Gasteiger partial charge on any atom is -0.300 e. The quantitative estimate of drug-likeness (QED) is 0.815. The second-order valence-electron chi connectivity index (χ2n) is 4.47. The molecule has 1 saturated heterocycles. The van der Waals surface area contributed by atoms with Gasteiger partial charge in [0.25, 0.3) is 5.91 Å². The van der Waals surface area contributed by atoms with Crippen LogP contribution in [0.15, 0.2) is 44.9 Å². The Bertz CT molecular complexity index is 751. The highest BCUT2D eigenvalue weighted by Crippen LogP contribution is 2.29. The molecule has 0 saturated carbocycles. The largest absolute Gasteiger partial charge is 0.300 e. The van der Waals surface area contributed by atoms with E-state index >= 15 is 0 Å². The first-order valence-corrected chi connectivity index (χ1v) is 8.33. The molecule has 0 bridgehead atoms. The number of rotatable bonds is 2. The lowest BCUT2D eigenvalue weighted by Gasteiger charge is -2.00. The molecule has 3 nitrogen and oxygen atoms in total. The molecule has 6 heteroatoms. The Morgan fingerprint density at radius 3 is 2.90 bits per heavy atom. The third kappa shape index (κ3) is 3.37. The van der Waals surface area contributed by atoms with Gasteiger partial charge in [-0.3, -0.25) is 4.79 Å². The summed E-state index contributed by atoms with van der Waals surface area (Å²) in [4.78, 5) is 17.0. The third-order valence-electron chi connectivity index (χ3n) is 2.88. The van der Waals surface area contributed by atoms with Crippen molar-refractivity contribution < 1.29 is 4.79 Å². The fourth-order valence-electron chi connectivity index (χ4n) is 1.76. The van der Waals surface area contributed by atoms with E-state index in [1.54, 1.807) is 17.4 Å². The zero-order valence-electron chi connectivity index (χ0n) is 11.1. The Balaban J connectivity index is 1.83. The van der Waals surface area contributed by atoms with Gasteiger partial charge < -0.3 is 5.32 Å². The number of carbonyl (C=O) groups is 1. The Morgan fingerprint density at radius 2 is 2.19 bits per heavy atom. The Labute approximate surface area is 135 Å². The highest BCUT2D eigenvalue weighted by Gasteiger charge is 2.23. The van der Waals surface area contributed by atoms with Gasteiger partial charge >= 0.3 is 0 Å². The fraction of sp³-hybridized carbons (Fsp3) is 0.0667. The molecule has 0 radical (unpaired) electrons. The molecule has 2 heterocycles. The van der Waals surface area contributed by atoms with Crippen LogP contribution in [-0.2, 0) is 4.79 Å². The normalized spacial score (nSPS) is 18.5. The summed E-state index contributed by atoms with van der Waals surface area (Å²) in [5.41, 5.74) is 2.75. The maximum Gasteiger partial charge on any atom is 0.264 e. The van der Waals surface area contributed by atoms with E-state index in [2.05, 4.69) is 10.3 Å². The predicted octanol–water partition coefficient (Wildman–Crippen LogP) is 4.60. The van der Waals surface area contributed by atoms with Gasteiger partial charge in [0, 0.05) is 5.02 Å². The van der Waals surface area contributed by atoms with Gasteiger partial charge in [-0.1, -0.05) is 17.7 Å². The summed E-state index contributed by atoms with van der Waals surface area (Å²) in [6, 6.07) is 7.55. The van der Waals surface area contributed by atoms with Crippen LogP contribution in [0.1, 0.15) is 11.1 Å². The van der Waals surface area contributed by atoms with Crippen molar-refractivity contribution in [1.82, 2.24) is 5.32 Å². The van der Waals surface area contributed by atoms with E-state index in [0.717, 1.165) is 16.8 Å². The van der Waals surface area contributed by atoms with Crippen molar-refractivity contribution in [2.45, 2.75) is 6.92 Å². The molecule has 1 N–H and O–H groups in total. The lowest BCUT2D eigenvalue weighted by molar-refractivity contribution is -0.115. The molecule has 0 aliphatic carbocycles. The summed E-state index contributed by atoms with van der Waals surface area (Å²) in [5, 5.41) is 7.98. The van der Waals surface area contributed by atoms with Crippen molar-refractivity contribution in [1.29, 1.82) is 0 Å². The second kappa shape index (κ2) is 6.05. The average Bonchev–Trinajstić information content (AvgIpc) is 3.06. The van der Waals surface area contributed by atoms with E-state index in [1.807, 2.05) is 42.0 Å². The van der Waals surface area contributed by atoms with Gasteiger partial charge in [0.05, 0.1) is 10.6 Å². The first-order valence-electron chi connectivity index (χ1n) is 6.20. The number of halogens is 1. The summed E-state index contributed by atoms with van der Waals surface area (Å²) in [6.45, 7) is 1.94.